The number of nitrogens with one attached hydrogen (secondary N) is 2. The Morgan fingerprint density at radius 1 is 1.00 bits per heavy atom. The van der Waals surface area contributed by atoms with Crippen molar-refractivity contribution in [2.45, 2.75) is 31.3 Å². The highest BCUT2D eigenvalue weighted by Gasteiger charge is 2.42. The second-order valence-electron chi connectivity index (χ2n) is 8.54. The van der Waals surface area contributed by atoms with Gasteiger partial charge in [-0.3, -0.25) is 9.88 Å². The molecule has 6 nitrogen and oxygen atoms in total. The fourth-order valence-corrected chi connectivity index (χ4v) is 4.97. The standard InChI is InChI=1S/C26H28N4O2/c31-26(28-22-10-4-5-11-24(22)32-21-8-2-1-3-9-21)29-25-20-12-15-30(16-13-20)23(25)17-19-7-6-14-27-18-19/h1-11,14,18,20,23,25H,12-13,15-17H2,(H2,28,29,31)/t23-,25-/m1/s1. The van der Waals surface area contributed by atoms with E-state index in [1.807, 2.05) is 66.9 Å². The summed E-state index contributed by atoms with van der Waals surface area (Å²) in [7, 11) is 0. The summed E-state index contributed by atoms with van der Waals surface area (Å²) in [5.74, 6) is 1.86. The van der Waals surface area contributed by atoms with Crippen LogP contribution in [-0.4, -0.2) is 41.1 Å². The molecule has 164 valence electrons. The molecule has 0 radical (unpaired) electrons. The van der Waals surface area contributed by atoms with Crippen LogP contribution in [0.25, 0.3) is 0 Å². The molecule has 32 heavy (non-hydrogen) atoms. The first-order valence-corrected chi connectivity index (χ1v) is 11.3. The van der Waals surface area contributed by atoms with E-state index in [-0.39, 0.29) is 18.1 Å². The van der Waals surface area contributed by atoms with Crippen LogP contribution in [0.5, 0.6) is 11.5 Å². The van der Waals surface area contributed by atoms with Crippen LogP contribution in [-0.2, 0) is 6.42 Å². The van der Waals surface area contributed by atoms with Crippen molar-refractivity contribution in [1.82, 2.24) is 15.2 Å². The smallest absolute Gasteiger partial charge is 0.319 e. The number of amides is 2. The molecule has 6 heteroatoms. The van der Waals surface area contributed by atoms with Crippen molar-refractivity contribution < 1.29 is 9.53 Å². The minimum atomic E-state index is -0.191. The number of nitrogens with zero attached hydrogens (tertiary/aromatic N) is 2. The van der Waals surface area contributed by atoms with Crippen molar-refractivity contribution >= 4 is 11.7 Å². The van der Waals surface area contributed by atoms with Gasteiger partial charge in [-0.15, -0.1) is 0 Å². The molecule has 0 aliphatic carbocycles. The third-order valence-corrected chi connectivity index (χ3v) is 6.54. The number of hydrogen-bond donors (Lipinski definition) is 2. The topological polar surface area (TPSA) is 66.5 Å². The van der Waals surface area contributed by atoms with Gasteiger partial charge in [-0.1, -0.05) is 36.4 Å². The second-order valence-corrected chi connectivity index (χ2v) is 8.54. The quantitative estimate of drug-likeness (QED) is 0.597. The van der Waals surface area contributed by atoms with Gasteiger partial charge in [-0.2, -0.15) is 0 Å². The molecule has 1 aromatic heterocycles. The molecular formula is C26H28N4O2. The zero-order valence-corrected chi connectivity index (χ0v) is 18.0. The Morgan fingerprint density at radius 3 is 2.56 bits per heavy atom. The summed E-state index contributed by atoms with van der Waals surface area (Å²) in [6.07, 6.45) is 6.88. The van der Waals surface area contributed by atoms with Gasteiger partial charge in [0.15, 0.2) is 5.75 Å². The molecule has 0 unspecified atom stereocenters. The maximum atomic E-state index is 13.1. The fourth-order valence-electron chi connectivity index (χ4n) is 4.97. The molecule has 2 bridgehead atoms. The molecule has 6 rings (SSSR count). The zero-order valence-electron chi connectivity index (χ0n) is 18.0. The van der Waals surface area contributed by atoms with Crippen molar-refractivity contribution in [1.29, 1.82) is 0 Å². The predicted molar refractivity (Wildman–Crippen MR) is 125 cm³/mol. The van der Waals surface area contributed by atoms with E-state index in [9.17, 15) is 4.79 Å². The van der Waals surface area contributed by atoms with Gasteiger partial charge in [0.2, 0.25) is 0 Å². The maximum absolute atomic E-state index is 13.1. The molecule has 0 spiro atoms. The number of carbonyl (C=O) groups excluding carboxylic acids is 1. The summed E-state index contributed by atoms with van der Waals surface area (Å²) in [6.45, 7) is 2.20. The Kier molecular flexibility index (Phi) is 6.03. The average Bonchev–Trinajstić information content (AvgIpc) is 2.84. The summed E-state index contributed by atoms with van der Waals surface area (Å²) in [4.78, 5) is 19.8. The lowest BCUT2D eigenvalue weighted by molar-refractivity contribution is 0.0184. The minimum Gasteiger partial charge on any atom is -0.455 e. The summed E-state index contributed by atoms with van der Waals surface area (Å²) < 4.78 is 5.99. The van der Waals surface area contributed by atoms with Crippen LogP contribution in [0.3, 0.4) is 0 Å². The average molecular weight is 429 g/mol. The zero-order chi connectivity index (χ0) is 21.8. The lowest BCUT2D eigenvalue weighted by Gasteiger charge is -2.51. The van der Waals surface area contributed by atoms with Gasteiger partial charge in [0.05, 0.1) is 5.69 Å². The number of para-hydroxylation sites is 3. The van der Waals surface area contributed by atoms with E-state index >= 15 is 0 Å². The molecule has 2 N–H and O–H groups in total. The van der Waals surface area contributed by atoms with E-state index in [1.165, 1.54) is 5.56 Å². The summed E-state index contributed by atoms with van der Waals surface area (Å²) in [6, 6.07) is 21.4. The summed E-state index contributed by atoms with van der Waals surface area (Å²) in [5, 5.41) is 6.31. The molecule has 3 aliphatic rings. The fraction of sp³-hybridized carbons (Fsp3) is 0.308. The third kappa shape index (κ3) is 4.60. The number of pyridine rings is 1. The number of urea groups is 1. The molecule has 0 saturated carbocycles. The van der Waals surface area contributed by atoms with Crippen molar-refractivity contribution in [2.24, 2.45) is 5.92 Å². The van der Waals surface area contributed by atoms with Crippen molar-refractivity contribution in [2.75, 3.05) is 18.4 Å². The highest BCUT2D eigenvalue weighted by molar-refractivity contribution is 5.91. The first-order valence-electron chi connectivity index (χ1n) is 11.3. The van der Waals surface area contributed by atoms with Gasteiger partial charge in [0.25, 0.3) is 0 Å². The molecule has 3 aliphatic heterocycles. The maximum Gasteiger partial charge on any atom is 0.319 e. The van der Waals surface area contributed by atoms with Crippen LogP contribution >= 0.6 is 0 Å². The van der Waals surface area contributed by atoms with Crippen molar-refractivity contribution in [3.63, 3.8) is 0 Å². The van der Waals surface area contributed by atoms with Crippen LogP contribution in [0.4, 0.5) is 10.5 Å². The van der Waals surface area contributed by atoms with Crippen LogP contribution in [0, 0.1) is 5.92 Å². The van der Waals surface area contributed by atoms with Crippen molar-refractivity contribution in [3.8, 4) is 11.5 Å². The highest BCUT2D eigenvalue weighted by Crippen LogP contribution is 2.34. The third-order valence-electron chi connectivity index (χ3n) is 6.54. The van der Waals surface area contributed by atoms with Crippen LogP contribution < -0.4 is 15.4 Å². The van der Waals surface area contributed by atoms with Crippen molar-refractivity contribution in [3.05, 3.63) is 84.7 Å². The Hall–Kier alpha value is -3.38. The van der Waals surface area contributed by atoms with Gasteiger partial charge < -0.3 is 15.4 Å². The van der Waals surface area contributed by atoms with E-state index in [0.29, 0.717) is 17.4 Å². The van der Waals surface area contributed by atoms with E-state index < -0.39 is 0 Å². The highest BCUT2D eigenvalue weighted by atomic mass is 16.5. The lowest BCUT2D eigenvalue weighted by Crippen LogP contribution is -2.64. The van der Waals surface area contributed by atoms with Gasteiger partial charge >= 0.3 is 6.03 Å². The van der Waals surface area contributed by atoms with Gasteiger partial charge in [0.1, 0.15) is 5.75 Å². The molecular weight excluding hydrogens is 400 g/mol. The predicted octanol–water partition coefficient (Wildman–Crippen LogP) is 4.70. The number of anilines is 1. The second kappa shape index (κ2) is 9.40. The number of ether oxygens (including phenoxy) is 1. The Bertz CT molecular complexity index is 1040. The normalized spacial score (nSPS) is 24.0. The molecule has 2 amide bonds. The molecule has 3 fully saturated rings. The largest absolute Gasteiger partial charge is 0.455 e. The molecule has 2 aromatic carbocycles. The number of hydrogen-bond acceptors (Lipinski definition) is 4. The monoisotopic (exact) mass is 428 g/mol. The van der Waals surface area contributed by atoms with E-state index in [1.54, 1.807) is 6.20 Å². The Balaban J connectivity index is 1.29. The number of carbonyl (C=O) groups is 1. The van der Waals surface area contributed by atoms with Gasteiger partial charge in [-0.05, 0) is 74.2 Å². The first kappa shape index (κ1) is 20.5. The number of aromatic nitrogens is 1. The number of fused-ring (bicyclic) bond motifs is 3. The molecule has 3 saturated heterocycles. The first-order chi connectivity index (χ1) is 15.8. The van der Waals surface area contributed by atoms with E-state index in [0.717, 1.165) is 38.1 Å². The number of rotatable bonds is 6. The molecule has 4 heterocycles. The van der Waals surface area contributed by atoms with E-state index in [4.69, 9.17) is 4.74 Å². The number of piperidine rings is 3. The molecule has 2 atom stereocenters. The summed E-state index contributed by atoms with van der Waals surface area (Å²) in [5.41, 5.74) is 1.86. The minimum absolute atomic E-state index is 0.111. The van der Waals surface area contributed by atoms with E-state index in [2.05, 4.69) is 26.6 Å². The lowest BCUT2D eigenvalue weighted by atomic mass is 9.77. The van der Waals surface area contributed by atoms with Crippen LogP contribution in [0.1, 0.15) is 18.4 Å². The number of benzene rings is 2. The van der Waals surface area contributed by atoms with Crippen LogP contribution in [0.15, 0.2) is 79.1 Å². The van der Waals surface area contributed by atoms with Gasteiger partial charge in [-0.25, -0.2) is 4.79 Å². The molecule has 3 aromatic rings. The Labute approximate surface area is 188 Å². The SMILES string of the molecule is O=C(Nc1ccccc1Oc1ccccc1)N[C@@H]1C2CCN(CC2)[C@@H]1Cc1cccnc1. The van der Waals surface area contributed by atoms with Gasteiger partial charge in [0, 0.05) is 24.5 Å². The van der Waals surface area contributed by atoms with Crippen LogP contribution in [0.2, 0.25) is 0 Å². The summed E-state index contributed by atoms with van der Waals surface area (Å²) >= 11 is 0. The Morgan fingerprint density at radius 2 is 1.78 bits per heavy atom.